The minimum absolute atomic E-state index is 0.0493. The Labute approximate surface area is 110 Å². The molecule has 19 heavy (non-hydrogen) atoms. The molecule has 1 aliphatic heterocycles. The molecule has 1 atom stereocenters. The number of hydrogen-bond donors (Lipinski definition) is 0. The second-order valence-corrected chi connectivity index (χ2v) is 6.20. The van der Waals surface area contributed by atoms with Gasteiger partial charge >= 0.3 is 0 Å². The SMILES string of the molecule is Cc1ccc(S(=O)(=O)N2C(=O)CC[C@H]2C(=O)[O-])cc1. The lowest BCUT2D eigenvalue weighted by atomic mass is 10.2. The molecular weight excluding hydrogens is 270 g/mol. The third kappa shape index (κ3) is 2.33. The Bertz CT molecular complexity index is 620. The Morgan fingerprint density at radius 2 is 1.89 bits per heavy atom. The number of carbonyl (C=O) groups is 2. The molecule has 0 aromatic heterocycles. The number of hydrogen-bond acceptors (Lipinski definition) is 5. The number of benzene rings is 1. The number of nitrogens with zero attached hydrogens (tertiary/aromatic N) is 1. The Morgan fingerprint density at radius 1 is 1.32 bits per heavy atom. The molecule has 0 spiro atoms. The summed E-state index contributed by atoms with van der Waals surface area (Å²) in [5.41, 5.74) is 0.864. The van der Waals surface area contributed by atoms with Gasteiger partial charge in [-0.2, -0.15) is 0 Å². The highest BCUT2D eigenvalue weighted by Gasteiger charge is 2.41. The van der Waals surface area contributed by atoms with E-state index < -0.39 is 27.9 Å². The molecule has 0 N–H and O–H groups in total. The van der Waals surface area contributed by atoms with Crippen LogP contribution in [-0.4, -0.2) is 30.6 Å². The van der Waals surface area contributed by atoms with E-state index in [1.165, 1.54) is 12.1 Å². The Kier molecular flexibility index (Phi) is 3.32. The van der Waals surface area contributed by atoms with Crippen LogP contribution in [0.4, 0.5) is 0 Å². The van der Waals surface area contributed by atoms with Crippen LogP contribution < -0.4 is 5.11 Å². The molecule has 102 valence electrons. The highest BCUT2D eigenvalue weighted by molar-refractivity contribution is 7.89. The summed E-state index contributed by atoms with van der Waals surface area (Å²) in [6.45, 7) is 1.79. The quantitative estimate of drug-likeness (QED) is 0.739. The van der Waals surface area contributed by atoms with Crippen molar-refractivity contribution in [3.63, 3.8) is 0 Å². The van der Waals surface area contributed by atoms with Gasteiger partial charge < -0.3 is 9.90 Å². The van der Waals surface area contributed by atoms with Crippen LogP contribution in [-0.2, 0) is 19.6 Å². The maximum Gasteiger partial charge on any atom is 0.267 e. The number of aryl methyl sites for hydroxylation is 1. The number of carboxylic acids is 1. The highest BCUT2D eigenvalue weighted by atomic mass is 32.2. The van der Waals surface area contributed by atoms with Crippen LogP contribution in [0.25, 0.3) is 0 Å². The maximum atomic E-state index is 12.3. The lowest BCUT2D eigenvalue weighted by Gasteiger charge is -2.24. The molecule has 1 aromatic rings. The van der Waals surface area contributed by atoms with Crippen LogP contribution in [0.1, 0.15) is 18.4 Å². The van der Waals surface area contributed by atoms with Crippen LogP contribution in [0.2, 0.25) is 0 Å². The molecule has 1 aliphatic rings. The molecule has 0 bridgehead atoms. The van der Waals surface area contributed by atoms with E-state index in [-0.39, 0.29) is 17.7 Å². The molecule has 0 saturated carbocycles. The zero-order valence-corrected chi connectivity index (χ0v) is 11.0. The van der Waals surface area contributed by atoms with Gasteiger partial charge in [-0.1, -0.05) is 17.7 Å². The van der Waals surface area contributed by atoms with Gasteiger partial charge in [-0.3, -0.25) is 4.79 Å². The molecule has 1 saturated heterocycles. The van der Waals surface area contributed by atoms with Crippen molar-refractivity contribution < 1.29 is 23.1 Å². The second kappa shape index (κ2) is 4.65. The van der Waals surface area contributed by atoms with Gasteiger partial charge in [-0.05, 0) is 25.5 Å². The van der Waals surface area contributed by atoms with Gasteiger partial charge in [-0.25, -0.2) is 12.7 Å². The fourth-order valence-electron chi connectivity index (χ4n) is 2.00. The van der Waals surface area contributed by atoms with E-state index in [4.69, 9.17) is 0 Å². The molecular formula is C12H12NO5S-. The first-order valence-corrected chi connectivity index (χ1v) is 7.13. The predicted octanol–water partition coefficient (Wildman–Crippen LogP) is -0.575. The van der Waals surface area contributed by atoms with Crippen LogP contribution in [0.5, 0.6) is 0 Å². The van der Waals surface area contributed by atoms with Crippen molar-refractivity contribution in [3.8, 4) is 0 Å². The Balaban J connectivity index is 2.46. The molecule has 0 unspecified atom stereocenters. The van der Waals surface area contributed by atoms with Crippen LogP contribution in [0.15, 0.2) is 29.2 Å². The van der Waals surface area contributed by atoms with Gasteiger partial charge in [0.15, 0.2) is 0 Å². The van der Waals surface area contributed by atoms with E-state index in [2.05, 4.69) is 0 Å². The summed E-state index contributed by atoms with van der Waals surface area (Å²) in [7, 11) is -4.14. The molecule has 0 radical (unpaired) electrons. The lowest BCUT2D eigenvalue weighted by molar-refractivity contribution is -0.309. The van der Waals surface area contributed by atoms with E-state index in [0.29, 0.717) is 4.31 Å². The fourth-order valence-corrected chi connectivity index (χ4v) is 3.59. The summed E-state index contributed by atoms with van der Waals surface area (Å²) in [5.74, 6) is -2.27. The van der Waals surface area contributed by atoms with Gasteiger partial charge in [-0.15, -0.1) is 0 Å². The minimum Gasteiger partial charge on any atom is -0.548 e. The van der Waals surface area contributed by atoms with E-state index in [0.717, 1.165) is 5.56 Å². The highest BCUT2D eigenvalue weighted by Crippen LogP contribution is 2.27. The predicted molar refractivity (Wildman–Crippen MR) is 63.2 cm³/mol. The number of rotatable bonds is 3. The van der Waals surface area contributed by atoms with Crippen LogP contribution >= 0.6 is 0 Å². The Hall–Kier alpha value is -1.89. The first-order chi connectivity index (χ1) is 8.84. The van der Waals surface area contributed by atoms with E-state index in [1.54, 1.807) is 19.1 Å². The van der Waals surface area contributed by atoms with Crippen molar-refractivity contribution in [1.82, 2.24) is 4.31 Å². The zero-order chi connectivity index (χ0) is 14.2. The largest absolute Gasteiger partial charge is 0.548 e. The first kappa shape index (κ1) is 13.5. The smallest absolute Gasteiger partial charge is 0.267 e. The second-order valence-electron chi connectivity index (χ2n) is 4.38. The molecule has 2 rings (SSSR count). The van der Waals surface area contributed by atoms with E-state index in [1.807, 2.05) is 0 Å². The van der Waals surface area contributed by atoms with E-state index in [9.17, 15) is 23.1 Å². The summed E-state index contributed by atoms with van der Waals surface area (Å²) < 4.78 is 25.0. The standard InChI is InChI=1S/C12H13NO5S/c1-8-2-4-9(5-3-8)19(17,18)13-10(12(15)16)6-7-11(13)14/h2-5,10H,6-7H2,1H3,(H,15,16)/p-1/t10-/m0/s1. The summed E-state index contributed by atoms with van der Waals surface area (Å²) in [4.78, 5) is 22.5. The summed E-state index contributed by atoms with van der Waals surface area (Å²) >= 11 is 0. The topological polar surface area (TPSA) is 94.6 Å². The fraction of sp³-hybridized carbons (Fsp3) is 0.333. The summed E-state index contributed by atoms with van der Waals surface area (Å²) in [6.07, 6.45) is -0.157. The molecule has 0 aliphatic carbocycles. The molecule has 6 nitrogen and oxygen atoms in total. The summed E-state index contributed by atoms with van der Waals surface area (Å²) in [6, 6.07) is 4.45. The van der Waals surface area contributed by atoms with E-state index >= 15 is 0 Å². The Morgan fingerprint density at radius 3 is 2.42 bits per heavy atom. The lowest BCUT2D eigenvalue weighted by Crippen LogP contribution is -2.48. The number of sulfonamides is 1. The summed E-state index contributed by atoms with van der Waals surface area (Å²) in [5, 5.41) is 10.9. The number of carboxylic acid groups (broad SMARTS) is 1. The average molecular weight is 282 g/mol. The van der Waals surface area contributed by atoms with Crippen molar-refractivity contribution in [3.05, 3.63) is 29.8 Å². The third-order valence-corrected chi connectivity index (χ3v) is 4.85. The first-order valence-electron chi connectivity index (χ1n) is 5.69. The minimum atomic E-state index is -4.14. The zero-order valence-electron chi connectivity index (χ0n) is 10.2. The molecule has 7 heteroatoms. The normalized spacial score (nSPS) is 19.7. The van der Waals surface area contributed by atoms with Crippen LogP contribution in [0, 0.1) is 6.92 Å². The number of aliphatic carboxylic acids is 1. The van der Waals surface area contributed by atoms with Gasteiger partial charge in [0.1, 0.15) is 0 Å². The molecule has 1 amide bonds. The van der Waals surface area contributed by atoms with Crippen LogP contribution in [0.3, 0.4) is 0 Å². The molecule has 1 heterocycles. The molecule has 1 aromatic carbocycles. The number of carbonyl (C=O) groups excluding carboxylic acids is 2. The van der Waals surface area contributed by atoms with Gasteiger partial charge in [0, 0.05) is 6.42 Å². The van der Waals surface area contributed by atoms with Crippen molar-refractivity contribution in [2.24, 2.45) is 0 Å². The van der Waals surface area contributed by atoms with Gasteiger partial charge in [0.25, 0.3) is 10.0 Å². The van der Waals surface area contributed by atoms with Crippen molar-refractivity contribution in [2.45, 2.75) is 30.7 Å². The van der Waals surface area contributed by atoms with Crippen molar-refractivity contribution >= 4 is 21.9 Å². The maximum absolute atomic E-state index is 12.3. The third-order valence-electron chi connectivity index (χ3n) is 3.01. The van der Waals surface area contributed by atoms with Gasteiger partial charge in [0.2, 0.25) is 5.91 Å². The average Bonchev–Trinajstić information content (AvgIpc) is 2.72. The van der Waals surface area contributed by atoms with Crippen molar-refractivity contribution in [1.29, 1.82) is 0 Å². The van der Waals surface area contributed by atoms with Crippen molar-refractivity contribution in [2.75, 3.05) is 0 Å². The van der Waals surface area contributed by atoms with Gasteiger partial charge in [0.05, 0.1) is 16.9 Å². The molecule has 1 fully saturated rings. The number of amides is 1. The monoisotopic (exact) mass is 282 g/mol.